The molecule has 0 aromatic heterocycles. The van der Waals surface area contributed by atoms with Crippen LogP contribution in [0.25, 0.3) is 0 Å². The Bertz CT molecular complexity index is 802. The van der Waals surface area contributed by atoms with Gasteiger partial charge in [-0.2, -0.15) is 0 Å². The highest BCUT2D eigenvalue weighted by molar-refractivity contribution is 7.99. The van der Waals surface area contributed by atoms with E-state index in [0.717, 1.165) is 4.90 Å². The van der Waals surface area contributed by atoms with Gasteiger partial charge in [-0.15, -0.1) is 11.8 Å². The van der Waals surface area contributed by atoms with Gasteiger partial charge in [-0.3, -0.25) is 14.5 Å². The third kappa shape index (κ3) is 2.74. The quantitative estimate of drug-likeness (QED) is 0.490. The van der Waals surface area contributed by atoms with E-state index >= 15 is 0 Å². The molecular weight excluding hydrogens is 328 g/mol. The van der Waals surface area contributed by atoms with Crippen LogP contribution in [-0.4, -0.2) is 39.6 Å². The lowest BCUT2D eigenvalue weighted by Gasteiger charge is -2.22. The first-order valence-corrected chi connectivity index (χ1v) is 8.16. The number of nitrogens with zero attached hydrogens (tertiary/aromatic N) is 1. The number of hydrogen-bond acceptors (Lipinski definition) is 5. The Balaban J connectivity index is 1.85. The molecule has 3 rings (SSSR count). The van der Waals surface area contributed by atoms with Crippen molar-refractivity contribution >= 4 is 35.2 Å². The van der Waals surface area contributed by atoms with E-state index in [1.54, 1.807) is 36.4 Å². The summed E-state index contributed by atoms with van der Waals surface area (Å²) in [5.41, 5.74) is 6.83. The predicted octanol–water partition coefficient (Wildman–Crippen LogP) is 2.11. The topological polar surface area (TPSA) is 101 Å². The number of benzene rings is 2. The highest BCUT2D eigenvalue weighted by Gasteiger charge is 2.42. The molecule has 1 aliphatic rings. The molecule has 2 aromatic rings. The molecule has 2 aromatic carbocycles. The van der Waals surface area contributed by atoms with Crippen LogP contribution in [0.2, 0.25) is 0 Å². The zero-order valence-corrected chi connectivity index (χ0v) is 13.3. The highest BCUT2D eigenvalue weighted by atomic mass is 32.2. The molecule has 6 nitrogen and oxygen atoms in total. The minimum atomic E-state index is -1.26. The second kappa shape index (κ2) is 6.37. The summed E-state index contributed by atoms with van der Waals surface area (Å²) >= 11 is 1.20. The largest absolute Gasteiger partial charge is 0.480 e. The Morgan fingerprint density at radius 2 is 1.58 bits per heavy atom. The lowest BCUT2D eigenvalue weighted by molar-refractivity contribution is -0.140. The van der Waals surface area contributed by atoms with E-state index in [1.807, 2.05) is 0 Å². The van der Waals surface area contributed by atoms with E-state index in [1.165, 1.54) is 23.9 Å². The third-order valence-corrected chi connectivity index (χ3v) is 4.90. The van der Waals surface area contributed by atoms with E-state index in [9.17, 15) is 19.5 Å². The number of nitrogen functional groups attached to an aromatic ring is 1. The second-order valence-corrected chi connectivity index (χ2v) is 6.29. The van der Waals surface area contributed by atoms with Crippen LogP contribution in [0.4, 0.5) is 5.69 Å². The van der Waals surface area contributed by atoms with Crippen molar-refractivity contribution < 1.29 is 19.5 Å². The average molecular weight is 342 g/mol. The van der Waals surface area contributed by atoms with E-state index in [2.05, 4.69) is 0 Å². The van der Waals surface area contributed by atoms with E-state index in [-0.39, 0.29) is 16.9 Å². The molecule has 0 saturated heterocycles. The first kappa shape index (κ1) is 16.1. The average Bonchev–Trinajstić information content (AvgIpc) is 2.82. The van der Waals surface area contributed by atoms with Crippen LogP contribution in [0.15, 0.2) is 53.4 Å². The van der Waals surface area contributed by atoms with Gasteiger partial charge in [0.15, 0.2) is 0 Å². The van der Waals surface area contributed by atoms with Gasteiger partial charge >= 0.3 is 5.97 Å². The highest BCUT2D eigenvalue weighted by Crippen LogP contribution is 2.29. The summed E-state index contributed by atoms with van der Waals surface area (Å²) in [5, 5.41) is 9.50. The minimum absolute atomic E-state index is 0.0228. The molecule has 7 heteroatoms. The lowest BCUT2D eigenvalue weighted by Crippen LogP contribution is -2.46. The Labute approximate surface area is 142 Å². The molecule has 1 heterocycles. The first-order chi connectivity index (χ1) is 11.5. The van der Waals surface area contributed by atoms with Gasteiger partial charge in [0.05, 0.1) is 11.1 Å². The number of rotatable bonds is 5. The second-order valence-electron chi connectivity index (χ2n) is 5.23. The van der Waals surface area contributed by atoms with Crippen molar-refractivity contribution in [3.63, 3.8) is 0 Å². The molecule has 24 heavy (non-hydrogen) atoms. The van der Waals surface area contributed by atoms with Crippen LogP contribution >= 0.6 is 11.8 Å². The number of fused-ring (bicyclic) bond motifs is 1. The van der Waals surface area contributed by atoms with Crippen molar-refractivity contribution in [2.24, 2.45) is 0 Å². The number of para-hydroxylation sites is 1. The predicted molar refractivity (Wildman–Crippen MR) is 89.9 cm³/mol. The monoisotopic (exact) mass is 342 g/mol. The van der Waals surface area contributed by atoms with Crippen LogP contribution in [0, 0.1) is 0 Å². The van der Waals surface area contributed by atoms with Crippen molar-refractivity contribution in [3.05, 3.63) is 59.7 Å². The third-order valence-electron chi connectivity index (χ3n) is 3.74. The summed E-state index contributed by atoms with van der Waals surface area (Å²) in [4.78, 5) is 38.0. The number of hydrogen-bond donors (Lipinski definition) is 2. The standard InChI is InChI=1S/C17H14N2O4S/c18-12-7-3-4-8-14(12)24-9-13(17(22)23)19-15(20)10-5-1-2-6-11(10)16(19)21/h1-8,13H,9,18H2,(H,22,23)/t13-/m0/s1. The van der Waals surface area contributed by atoms with Crippen LogP contribution in [0.5, 0.6) is 0 Å². The fourth-order valence-corrected chi connectivity index (χ4v) is 3.57. The van der Waals surface area contributed by atoms with Gasteiger partial charge < -0.3 is 10.8 Å². The maximum Gasteiger partial charge on any atom is 0.327 e. The molecule has 1 aliphatic heterocycles. The number of amides is 2. The number of carboxylic acid groups (broad SMARTS) is 1. The first-order valence-electron chi connectivity index (χ1n) is 7.17. The normalized spacial score (nSPS) is 14.6. The summed E-state index contributed by atoms with van der Waals surface area (Å²) in [6, 6.07) is 12.1. The van der Waals surface area contributed by atoms with E-state index in [0.29, 0.717) is 10.6 Å². The number of carboxylic acids is 1. The number of carbonyl (C=O) groups is 3. The molecule has 0 radical (unpaired) electrons. The molecule has 0 spiro atoms. The molecular formula is C17H14N2O4S. The van der Waals surface area contributed by atoms with Crippen molar-refractivity contribution in [1.29, 1.82) is 0 Å². The maximum atomic E-state index is 12.4. The molecule has 0 aliphatic carbocycles. The minimum Gasteiger partial charge on any atom is -0.480 e. The zero-order chi connectivity index (χ0) is 17.3. The zero-order valence-electron chi connectivity index (χ0n) is 12.5. The number of nitrogens with two attached hydrogens (primary N) is 1. The van der Waals surface area contributed by atoms with Crippen molar-refractivity contribution in [2.75, 3.05) is 11.5 Å². The molecule has 122 valence electrons. The molecule has 3 N–H and O–H groups in total. The number of thioether (sulfide) groups is 1. The molecule has 0 saturated carbocycles. The Morgan fingerprint density at radius 3 is 2.12 bits per heavy atom. The van der Waals surface area contributed by atoms with Gasteiger partial charge in [0.1, 0.15) is 6.04 Å². The summed E-state index contributed by atoms with van der Waals surface area (Å²) in [6.07, 6.45) is 0. The van der Waals surface area contributed by atoms with E-state index < -0.39 is 23.8 Å². The Morgan fingerprint density at radius 1 is 1.04 bits per heavy atom. The summed E-state index contributed by atoms with van der Waals surface area (Å²) in [5.74, 6) is -2.37. The summed E-state index contributed by atoms with van der Waals surface area (Å²) in [7, 11) is 0. The number of aliphatic carboxylic acids is 1. The van der Waals surface area contributed by atoms with E-state index in [4.69, 9.17) is 5.73 Å². The van der Waals surface area contributed by atoms with Gasteiger partial charge in [-0.25, -0.2) is 4.79 Å². The fraction of sp³-hybridized carbons (Fsp3) is 0.118. The molecule has 2 amide bonds. The SMILES string of the molecule is Nc1ccccc1SC[C@@H](C(=O)O)N1C(=O)c2ccccc2C1=O. The maximum absolute atomic E-state index is 12.4. The van der Waals surface area contributed by atoms with Gasteiger partial charge in [0.2, 0.25) is 0 Å². The fourth-order valence-electron chi connectivity index (χ4n) is 2.53. The smallest absolute Gasteiger partial charge is 0.327 e. The Kier molecular flexibility index (Phi) is 4.26. The molecule has 0 unspecified atom stereocenters. The number of anilines is 1. The molecule has 1 atom stereocenters. The number of imide groups is 1. The summed E-state index contributed by atoms with van der Waals surface area (Å²) < 4.78 is 0. The van der Waals surface area contributed by atoms with Gasteiger partial charge in [-0.05, 0) is 24.3 Å². The van der Waals surface area contributed by atoms with Crippen LogP contribution in [0.3, 0.4) is 0 Å². The van der Waals surface area contributed by atoms with Gasteiger partial charge in [0, 0.05) is 16.3 Å². The van der Waals surface area contributed by atoms with Crippen molar-refractivity contribution in [3.8, 4) is 0 Å². The molecule has 0 bridgehead atoms. The van der Waals surface area contributed by atoms with Gasteiger partial charge in [-0.1, -0.05) is 24.3 Å². The van der Waals surface area contributed by atoms with Crippen LogP contribution in [-0.2, 0) is 4.79 Å². The molecule has 0 fully saturated rings. The Hall–Kier alpha value is -2.80. The van der Waals surface area contributed by atoms with Crippen LogP contribution in [0.1, 0.15) is 20.7 Å². The van der Waals surface area contributed by atoms with Crippen molar-refractivity contribution in [1.82, 2.24) is 4.90 Å². The summed E-state index contributed by atoms with van der Waals surface area (Å²) in [6.45, 7) is 0. The van der Waals surface area contributed by atoms with Gasteiger partial charge in [0.25, 0.3) is 11.8 Å². The van der Waals surface area contributed by atoms with Crippen LogP contribution < -0.4 is 5.73 Å². The van der Waals surface area contributed by atoms with Crippen molar-refractivity contribution in [2.45, 2.75) is 10.9 Å². The number of carbonyl (C=O) groups excluding carboxylic acids is 2. The lowest BCUT2D eigenvalue weighted by atomic mass is 10.1.